The second kappa shape index (κ2) is 5.22. The Balaban J connectivity index is 2.22. The van der Waals surface area contributed by atoms with Crippen molar-refractivity contribution >= 4 is 22.6 Å². The van der Waals surface area contributed by atoms with Crippen LogP contribution in [0.25, 0.3) is 22.3 Å². The first-order chi connectivity index (χ1) is 9.65. The van der Waals surface area contributed by atoms with E-state index in [9.17, 15) is 0 Å². The van der Waals surface area contributed by atoms with Gasteiger partial charge in [-0.2, -0.15) is 0 Å². The van der Waals surface area contributed by atoms with Gasteiger partial charge in [-0.25, -0.2) is 4.98 Å². The van der Waals surface area contributed by atoms with Crippen molar-refractivity contribution in [1.82, 2.24) is 9.97 Å². The molecule has 3 rings (SSSR count). The van der Waals surface area contributed by atoms with Crippen molar-refractivity contribution in [1.29, 1.82) is 0 Å². The van der Waals surface area contributed by atoms with Crippen LogP contribution in [0.2, 0.25) is 0 Å². The first kappa shape index (κ1) is 13.1. The molecule has 0 saturated heterocycles. The minimum atomic E-state index is -0.0566. The van der Waals surface area contributed by atoms with Crippen molar-refractivity contribution in [3.8, 4) is 11.3 Å². The van der Waals surface area contributed by atoms with Gasteiger partial charge < -0.3 is 0 Å². The van der Waals surface area contributed by atoms with Crippen LogP contribution in [-0.2, 0) is 0 Å². The van der Waals surface area contributed by atoms with E-state index in [-0.39, 0.29) is 5.38 Å². The second-order valence-electron chi connectivity index (χ2n) is 4.95. The molecule has 0 bridgehead atoms. The van der Waals surface area contributed by atoms with Crippen molar-refractivity contribution in [3.63, 3.8) is 0 Å². The molecule has 0 aliphatic carbocycles. The van der Waals surface area contributed by atoms with Crippen molar-refractivity contribution in [3.05, 3.63) is 59.8 Å². The fourth-order valence-electron chi connectivity index (χ4n) is 2.33. The number of benzene rings is 2. The van der Waals surface area contributed by atoms with E-state index in [4.69, 9.17) is 16.6 Å². The number of aromatic nitrogens is 2. The van der Waals surface area contributed by atoms with Crippen LogP contribution in [0.1, 0.15) is 23.4 Å². The zero-order chi connectivity index (χ0) is 14.1. The Hall–Kier alpha value is -1.93. The van der Waals surface area contributed by atoms with Gasteiger partial charge in [-0.05, 0) is 37.6 Å². The Morgan fingerprint density at radius 2 is 1.80 bits per heavy atom. The summed E-state index contributed by atoms with van der Waals surface area (Å²) in [6.45, 7) is 4.05. The SMILES string of the molecule is Cc1ccc(C(C)Cl)c(-c2cnc3ccccc3n2)c1. The molecule has 20 heavy (non-hydrogen) atoms. The van der Waals surface area contributed by atoms with Gasteiger partial charge in [0.15, 0.2) is 0 Å². The molecule has 0 fully saturated rings. The lowest BCUT2D eigenvalue weighted by molar-refractivity contribution is 1.08. The third-order valence-corrected chi connectivity index (χ3v) is 3.60. The number of halogens is 1. The quantitative estimate of drug-likeness (QED) is 0.625. The Morgan fingerprint density at radius 1 is 1.05 bits per heavy atom. The minimum absolute atomic E-state index is 0.0566. The summed E-state index contributed by atoms with van der Waals surface area (Å²) in [6, 6.07) is 14.1. The van der Waals surface area contributed by atoms with Gasteiger partial charge in [0.25, 0.3) is 0 Å². The monoisotopic (exact) mass is 282 g/mol. The Morgan fingerprint density at radius 3 is 2.55 bits per heavy atom. The normalized spacial score (nSPS) is 12.6. The lowest BCUT2D eigenvalue weighted by atomic mass is 10.00. The molecular weight excluding hydrogens is 268 g/mol. The number of aryl methyl sites for hydroxylation is 1. The number of hydrogen-bond acceptors (Lipinski definition) is 2. The topological polar surface area (TPSA) is 25.8 Å². The molecule has 100 valence electrons. The maximum atomic E-state index is 6.28. The van der Waals surface area contributed by atoms with Crippen LogP contribution in [0.3, 0.4) is 0 Å². The van der Waals surface area contributed by atoms with Crippen molar-refractivity contribution < 1.29 is 0 Å². The number of para-hydroxylation sites is 2. The largest absolute Gasteiger partial charge is 0.252 e. The highest BCUT2D eigenvalue weighted by Crippen LogP contribution is 2.31. The van der Waals surface area contributed by atoms with E-state index >= 15 is 0 Å². The molecule has 0 spiro atoms. The first-order valence-electron chi connectivity index (χ1n) is 6.62. The molecule has 2 aromatic carbocycles. The number of nitrogens with zero attached hydrogens (tertiary/aromatic N) is 2. The molecule has 0 aliphatic heterocycles. The molecule has 3 aromatic rings. The molecular formula is C17H15ClN2. The Labute approximate surface area is 123 Å². The van der Waals surface area contributed by atoms with E-state index in [1.165, 1.54) is 5.56 Å². The summed E-state index contributed by atoms with van der Waals surface area (Å²) in [7, 11) is 0. The van der Waals surface area contributed by atoms with Gasteiger partial charge in [0.2, 0.25) is 0 Å². The molecule has 1 heterocycles. The first-order valence-corrected chi connectivity index (χ1v) is 7.05. The molecule has 1 unspecified atom stereocenters. The van der Waals surface area contributed by atoms with E-state index in [0.717, 1.165) is 27.9 Å². The summed E-state index contributed by atoms with van der Waals surface area (Å²) >= 11 is 6.28. The van der Waals surface area contributed by atoms with Crippen LogP contribution in [0.15, 0.2) is 48.7 Å². The zero-order valence-electron chi connectivity index (χ0n) is 11.5. The average molecular weight is 283 g/mol. The number of rotatable bonds is 2. The average Bonchev–Trinajstić information content (AvgIpc) is 2.46. The number of alkyl halides is 1. The zero-order valence-corrected chi connectivity index (χ0v) is 12.2. The standard InChI is InChI=1S/C17H15ClN2/c1-11-7-8-13(12(2)18)14(9-11)17-10-19-15-5-3-4-6-16(15)20-17/h3-10,12H,1-2H3. The van der Waals surface area contributed by atoms with Crippen molar-refractivity contribution in [2.75, 3.05) is 0 Å². The van der Waals surface area contributed by atoms with Crippen LogP contribution < -0.4 is 0 Å². The van der Waals surface area contributed by atoms with Gasteiger partial charge in [-0.15, -0.1) is 11.6 Å². The van der Waals surface area contributed by atoms with E-state index in [0.29, 0.717) is 0 Å². The third kappa shape index (κ3) is 2.39. The molecule has 2 nitrogen and oxygen atoms in total. The summed E-state index contributed by atoms with van der Waals surface area (Å²) < 4.78 is 0. The van der Waals surface area contributed by atoms with Gasteiger partial charge in [-0.3, -0.25) is 4.98 Å². The lowest BCUT2D eigenvalue weighted by Gasteiger charge is -2.12. The van der Waals surface area contributed by atoms with E-state index < -0.39 is 0 Å². The predicted molar refractivity (Wildman–Crippen MR) is 84.0 cm³/mol. The summed E-state index contributed by atoms with van der Waals surface area (Å²) in [5.74, 6) is 0. The van der Waals surface area contributed by atoms with Crippen LogP contribution >= 0.6 is 11.6 Å². The Bertz CT molecular complexity index is 766. The minimum Gasteiger partial charge on any atom is -0.252 e. The third-order valence-electron chi connectivity index (χ3n) is 3.36. The van der Waals surface area contributed by atoms with E-state index in [1.807, 2.05) is 37.4 Å². The summed E-state index contributed by atoms with van der Waals surface area (Å²) in [5, 5.41) is -0.0566. The molecule has 0 amide bonds. The predicted octanol–water partition coefficient (Wildman–Crippen LogP) is 4.91. The van der Waals surface area contributed by atoms with Crippen LogP contribution in [-0.4, -0.2) is 9.97 Å². The molecule has 1 atom stereocenters. The van der Waals surface area contributed by atoms with Crippen LogP contribution in [0.4, 0.5) is 0 Å². The summed E-state index contributed by atoms with van der Waals surface area (Å²) in [5.41, 5.74) is 6.02. The van der Waals surface area contributed by atoms with Gasteiger partial charge in [0, 0.05) is 5.56 Å². The van der Waals surface area contributed by atoms with Gasteiger partial charge in [0.05, 0.1) is 28.3 Å². The fraction of sp³-hybridized carbons (Fsp3) is 0.176. The number of fused-ring (bicyclic) bond motifs is 1. The van der Waals surface area contributed by atoms with Crippen molar-refractivity contribution in [2.45, 2.75) is 19.2 Å². The van der Waals surface area contributed by atoms with Gasteiger partial charge >= 0.3 is 0 Å². The van der Waals surface area contributed by atoms with Crippen molar-refractivity contribution in [2.24, 2.45) is 0 Å². The number of hydrogen-bond donors (Lipinski definition) is 0. The Kier molecular flexibility index (Phi) is 3.41. The van der Waals surface area contributed by atoms with Crippen LogP contribution in [0, 0.1) is 6.92 Å². The summed E-state index contributed by atoms with van der Waals surface area (Å²) in [6.07, 6.45) is 1.82. The molecule has 1 aromatic heterocycles. The van der Waals surface area contributed by atoms with Gasteiger partial charge in [-0.1, -0.05) is 29.8 Å². The van der Waals surface area contributed by atoms with Crippen LogP contribution in [0.5, 0.6) is 0 Å². The maximum Gasteiger partial charge on any atom is 0.0896 e. The highest BCUT2D eigenvalue weighted by Gasteiger charge is 2.12. The highest BCUT2D eigenvalue weighted by atomic mass is 35.5. The smallest absolute Gasteiger partial charge is 0.0896 e. The second-order valence-corrected chi connectivity index (χ2v) is 5.61. The van der Waals surface area contributed by atoms with Gasteiger partial charge in [0.1, 0.15) is 0 Å². The molecule has 0 N–H and O–H groups in total. The van der Waals surface area contributed by atoms with E-state index in [1.54, 1.807) is 0 Å². The fourth-order valence-corrected chi connectivity index (χ4v) is 2.52. The molecule has 0 saturated carbocycles. The lowest BCUT2D eigenvalue weighted by Crippen LogP contribution is -1.95. The molecule has 3 heteroatoms. The summed E-state index contributed by atoms with van der Waals surface area (Å²) in [4.78, 5) is 9.19. The van der Waals surface area contributed by atoms with E-state index in [2.05, 4.69) is 30.1 Å². The molecule has 0 aliphatic rings. The molecule has 0 radical (unpaired) electrons. The maximum absolute atomic E-state index is 6.28. The highest BCUT2D eigenvalue weighted by molar-refractivity contribution is 6.21.